The van der Waals surface area contributed by atoms with Crippen molar-refractivity contribution in [2.24, 2.45) is 7.05 Å². The summed E-state index contributed by atoms with van der Waals surface area (Å²) in [7, 11) is 2.02. The zero-order valence-corrected chi connectivity index (χ0v) is 16.1. The Morgan fingerprint density at radius 2 is 2.31 bits per heavy atom. The van der Waals surface area contributed by atoms with Gasteiger partial charge < -0.3 is 9.30 Å². The van der Waals surface area contributed by atoms with Crippen LogP contribution >= 0.6 is 11.3 Å². The minimum Gasteiger partial charge on any atom is -0.369 e. The molecule has 2 atom stereocenters. The van der Waals surface area contributed by atoms with E-state index in [1.165, 1.54) is 16.1 Å². The lowest BCUT2D eigenvalue weighted by Crippen LogP contribution is -2.50. The summed E-state index contributed by atoms with van der Waals surface area (Å²) < 4.78 is 34.0. The summed E-state index contributed by atoms with van der Waals surface area (Å²) in [4.78, 5) is 8.66. The maximum atomic E-state index is 12.8. The van der Waals surface area contributed by atoms with Crippen LogP contribution in [-0.2, 0) is 36.8 Å². The number of halogens is 2. The van der Waals surface area contributed by atoms with E-state index >= 15 is 0 Å². The lowest BCUT2D eigenvalue weighted by molar-refractivity contribution is -0.110. The van der Waals surface area contributed by atoms with Crippen molar-refractivity contribution in [2.75, 3.05) is 13.2 Å². The number of fused-ring (bicyclic) bond motifs is 2. The number of aryl methyl sites for hydroxylation is 1. The summed E-state index contributed by atoms with van der Waals surface area (Å²) in [6.45, 7) is 4.74. The van der Waals surface area contributed by atoms with E-state index in [1.54, 1.807) is 11.3 Å². The molecule has 0 amide bonds. The van der Waals surface area contributed by atoms with Gasteiger partial charge in [-0.25, -0.2) is 13.8 Å². The molecule has 0 N–H and O–H groups in total. The van der Waals surface area contributed by atoms with Crippen LogP contribution in [0.5, 0.6) is 0 Å². The zero-order valence-electron chi connectivity index (χ0n) is 15.3. The van der Waals surface area contributed by atoms with E-state index in [2.05, 4.69) is 21.4 Å². The van der Waals surface area contributed by atoms with E-state index in [0.717, 1.165) is 37.2 Å². The third-order valence-electron chi connectivity index (χ3n) is 5.71. The van der Waals surface area contributed by atoms with Crippen molar-refractivity contribution in [3.05, 3.63) is 39.6 Å². The Balaban J connectivity index is 1.53. The predicted molar refractivity (Wildman–Crippen MR) is 97.7 cm³/mol. The van der Waals surface area contributed by atoms with Gasteiger partial charge in [-0.05, 0) is 37.8 Å². The van der Waals surface area contributed by atoms with Crippen LogP contribution in [0.25, 0.3) is 0 Å². The van der Waals surface area contributed by atoms with Gasteiger partial charge in [-0.2, -0.15) is 0 Å². The molecule has 0 aromatic carbocycles. The van der Waals surface area contributed by atoms with Crippen LogP contribution in [0.3, 0.4) is 0 Å². The number of thiophene rings is 1. The number of likely N-dealkylation sites (tertiary alicyclic amines) is 1. The van der Waals surface area contributed by atoms with Gasteiger partial charge in [0.1, 0.15) is 5.60 Å². The van der Waals surface area contributed by atoms with Crippen molar-refractivity contribution in [1.29, 1.82) is 0 Å². The van der Waals surface area contributed by atoms with Crippen molar-refractivity contribution in [3.8, 4) is 0 Å². The number of imidazole rings is 1. The summed E-state index contributed by atoms with van der Waals surface area (Å²) in [5.74, 6) is 0. The predicted octanol–water partition coefficient (Wildman–Crippen LogP) is 3.74. The summed E-state index contributed by atoms with van der Waals surface area (Å²) in [5.41, 5.74) is 2.14. The average molecular weight is 381 g/mol. The van der Waals surface area contributed by atoms with E-state index in [0.29, 0.717) is 12.6 Å². The van der Waals surface area contributed by atoms with Gasteiger partial charge in [-0.3, -0.25) is 4.90 Å². The minimum absolute atomic E-state index is 0.143. The van der Waals surface area contributed by atoms with E-state index in [4.69, 9.17) is 4.74 Å². The third-order valence-corrected chi connectivity index (χ3v) is 7.10. The molecule has 1 fully saturated rings. The van der Waals surface area contributed by atoms with Gasteiger partial charge in [0.05, 0.1) is 18.6 Å². The second kappa shape index (κ2) is 7.02. The highest BCUT2D eigenvalue weighted by Gasteiger charge is 2.45. The van der Waals surface area contributed by atoms with Gasteiger partial charge in [-0.15, -0.1) is 11.3 Å². The fraction of sp³-hybridized carbons (Fsp3) is 0.632. The highest BCUT2D eigenvalue weighted by molar-refractivity contribution is 7.12. The van der Waals surface area contributed by atoms with Crippen LogP contribution in [0.1, 0.15) is 40.8 Å². The first-order valence-electron chi connectivity index (χ1n) is 9.20. The number of hydrogen-bond donors (Lipinski definition) is 0. The smallest absolute Gasteiger partial charge is 0.243 e. The largest absolute Gasteiger partial charge is 0.369 e. The molecule has 0 bridgehead atoms. The van der Waals surface area contributed by atoms with Gasteiger partial charge in [0.2, 0.25) is 6.43 Å². The Labute approximate surface area is 156 Å². The minimum atomic E-state index is -2.29. The summed E-state index contributed by atoms with van der Waals surface area (Å²) >= 11 is 1.54. The second-order valence-corrected chi connectivity index (χ2v) is 8.66. The van der Waals surface area contributed by atoms with E-state index in [9.17, 15) is 8.78 Å². The Hall–Kier alpha value is -1.31. The highest BCUT2D eigenvalue weighted by Crippen LogP contribution is 2.47. The van der Waals surface area contributed by atoms with Crippen LogP contribution in [0.15, 0.2) is 18.6 Å². The molecule has 4 heterocycles. The van der Waals surface area contributed by atoms with Crippen molar-refractivity contribution >= 4 is 11.3 Å². The Bertz CT molecular complexity index is 775. The standard InChI is InChI=1S/C19H25F2N3OS/c1-13-9-19(4-5-24(13)11-15-10-22-12-23(15)2)18-14(3-6-25-19)7-16(26-18)8-17(20)21/h7,10,12-13,17H,3-6,8-9,11H2,1-2H3/t13-,19+/m0/s1. The number of nitrogens with zero attached hydrogens (tertiary/aromatic N) is 3. The van der Waals surface area contributed by atoms with Gasteiger partial charge in [0.15, 0.2) is 0 Å². The molecular weight excluding hydrogens is 356 g/mol. The van der Waals surface area contributed by atoms with Gasteiger partial charge >= 0.3 is 0 Å². The molecule has 2 aromatic heterocycles. The number of piperidine rings is 1. The van der Waals surface area contributed by atoms with Crippen LogP contribution in [-0.4, -0.2) is 40.1 Å². The zero-order chi connectivity index (χ0) is 18.3. The number of aromatic nitrogens is 2. The lowest BCUT2D eigenvalue weighted by Gasteiger charge is -2.47. The first-order valence-corrected chi connectivity index (χ1v) is 10.0. The fourth-order valence-electron chi connectivity index (χ4n) is 4.30. The quantitative estimate of drug-likeness (QED) is 0.808. The molecule has 0 saturated carbocycles. The molecule has 0 aliphatic carbocycles. The van der Waals surface area contributed by atoms with Crippen LogP contribution < -0.4 is 0 Å². The molecule has 4 rings (SSSR count). The first-order chi connectivity index (χ1) is 12.5. The Morgan fingerprint density at radius 1 is 1.46 bits per heavy atom. The lowest BCUT2D eigenvalue weighted by atomic mass is 9.82. The van der Waals surface area contributed by atoms with Gasteiger partial charge in [0, 0.05) is 48.6 Å². The van der Waals surface area contributed by atoms with E-state index < -0.39 is 6.43 Å². The van der Waals surface area contributed by atoms with Crippen LogP contribution in [0.2, 0.25) is 0 Å². The summed E-state index contributed by atoms with van der Waals surface area (Å²) in [5, 5.41) is 0. The SMILES string of the molecule is C[C@H]1C[C@@]2(CCN1Cc1cncn1C)OCCc1cc(CC(F)F)sc12. The number of ether oxygens (including phenoxy) is 1. The maximum Gasteiger partial charge on any atom is 0.243 e. The highest BCUT2D eigenvalue weighted by atomic mass is 32.1. The molecule has 7 heteroatoms. The summed E-state index contributed by atoms with van der Waals surface area (Å²) in [6.07, 6.45) is 3.98. The second-order valence-electron chi connectivity index (χ2n) is 7.52. The van der Waals surface area contributed by atoms with Crippen molar-refractivity contribution < 1.29 is 13.5 Å². The Kier molecular flexibility index (Phi) is 4.88. The van der Waals surface area contributed by atoms with Crippen LogP contribution in [0, 0.1) is 0 Å². The molecule has 0 radical (unpaired) electrons. The van der Waals surface area contributed by atoms with Crippen molar-refractivity contribution in [3.63, 3.8) is 0 Å². The van der Waals surface area contributed by atoms with E-state index in [1.807, 2.05) is 25.6 Å². The maximum absolute atomic E-state index is 12.8. The molecule has 4 nitrogen and oxygen atoms in total. The normalized spacial score (nSPS) is 26.6. The molecule has 142 valence electrons. The third kappa shape index (κ3) is 3.32. The monoisotopic (exact) mass is 381 g/mol. The molecule has 2 aromatic rings. The van der Waals surface area contributed by atoms with Crippen molar-refractivity contribution in [2.45, 2.75) is 57.2 Å². The first kappa shape index (κ1) is 18.1. The van der Waals surface area contributed by atoms with Crippen LogP contribution in [0.4, 0.5) is 8.78 Å². The number of alkyl halides is 2. The summed E-state index contributed by atoms with van der Waals surface area (Å²) in [6, 6.07) is 2.36. The number of rotatable bonds is 4. The molecule has 26 heavy (non-hydrogen) atoms. The molecule has 2 aliphatic heterocycles. The number of hydrogen-bond acceptors (Lipinski definition) is 4. The molecule has 0 unspecified atom stereocenters. The average Bonchev–Trinajstić information content (AvgIpc) is 3.17. The van der Waals surface area contributed by atoms with E-state index in [-0.39, 0.29) is 12.0 Å². The molecule has 1 spiro atoms. The topological polar surface area (TPSA) is 30.3 Å². The Morgan fingerprint density at radius 3 is 3.00 bits per heavy atom. The fourth-order valence-corrected chi connectivity index (χ4v) is 5.70. The van der Waals surface area contributed by atoms with Gasteiger partial charge in [0.25, 0.3) is 0 Å². The molecule has 1 saturated heterocycles. The van der Waals surface area contributed by atoms with Crippen molar-refractivity contribution in [1.82, 2.24) is 14.5 Å². The molecule has 2 aliphatic rings. The van der Waals surface area contributed by atoms with Gasteiger partial charge in [-0.1, -0.05) is 0 Å². The molecular formula is C19H25F2N3OS.